The van der Waals surface area contributed by atoms with E-state index < -0.39 is 0 Å². The minimum atomic E-state index is -0.361. The quantitative estimate of drug-likeness (QED) is 0.926. The lowest BCUT2D eigenvalue weighted by molar-refractivity contribution is 0.103. The van der Waals surface area contributed by atoms with E-state index in [4.69, 9.17) is 0 Å². The average molecular weight is 316 g/mol. The summed E-state index contributed by atoms with van der Waals surface area (Å²) in [5.74, 6) is -0.665. The summed E-state index contributed by atoms with van der Waals surface area (Å²) in [5.41, 5.74) is 1.20. The summed E-state index contributed by atoms with van der Waals surface area (Å²) in [5, 5.41) is 6.25. The fraction of sp³-hybridized carbons (Fsp3) is 0.100. The Morgan fingerprint density at radius 1 is 1.53 bits per heavy atom. The van der Waals surface area contributed by atoms with Gasteiger partial charge < -0.3 is 5.32 Å². The molecule has 0 aliphatic carbocycles. The third-order valence-corrected chi connectivity index (χ3v) is 3.37. The number of anilines is 1. The van der Waals surface area contributed by atoms with Crippen LogP contribution >= 0.6 is 27.5 Å². The van der Waals surface area contributed by atoms with Gasteiger partial charge in [0.15, 0.2) is 0 Å². The van der Waals surface area contributed by atoms with Crippen molar-refractivity contribution in [3.8, 4) is 0 Å². The van der Waals surface area contributed by atoms with Gasteiger partial charge in [0.05, 0.1) is 10.7 Å². The highest BCUT2D eigenvalue weighted by Crippen LogP contribution is 2.24. The normalized spacial score (nSPS) is 10.3. The molecule has 0 radical (unpaired) electrons. The molecule has 4 nitrogen and oxygen atoms in total. The van der Waals surface area contributed by atoms with Gasteiger partial charge in [0.25, 0.3) is 5.91 Å². The zero-order valence-electron chi connectivity index (χ0n) is 8.70. The van der Waals surface area contributed by atoms with E-state index in [1.165, 1.54) is 18.3 Å². The number of benzene rings is 1. The second kappa shape index (κ2) is 4.89. The lowest BCUT2D eigenvalue weighted by Crippen LogP contribution is -2.11. The molecule has 88 valence electrons. The summed E-state index contributed by atoms with van der Waals surface area (Å²) in [6.07, 6.45) is 1.38. The molecule has 2 aromatic rings. The number of carbonyl (C=O) groups excluding carboxylic acids is 1. The average Bonchev–Trinajstić information content (AvgIpc) is 2.79. The maximum atomic E-state index is 13.2. The Hall–Kier alpha value is -1.34. The Morgan fingerprint density at radius 3 is 2.94 bits per heavy atom. The van der Waals surface area contributed by atoms with Crippen molar-refractivity contribution in [3.05, 3.63) is 39.1 Å². The molecular weight excluding hydrogens is 309 g/mol. The van der Waals surface area contributed by atoms with Gasteiger partial charge in [0.2, 0.25) is 0 Å². The number of hydrogen-bond donors (Lipinski definition) is 1. The Balaban J connectivity index is 2.25. The van der Waals surface area contributed by atoms with Gasteiger partial charge >= 0.3 is 0 Å². The molecule has 0 saturated heterocycles. The topological polar surface area (TPSA) is 54.9 Å². The van der Waals surface area contributed by atoms with E-state index in [9.17, 15) is 9.18 Å². The number of halogens is 2. The van der Waals surface area contributed by atoms with E-state index in [2.05, 4.69) is 30.8 Å². The molecule has 2 rings (SSSR count). The number of hydrogen-bond acceptors (Lipinski definition) is 4. The Bertz CT molecular complexity index is 559. The number of amides is 1. The number of rotatable bonds is 2. The fourth-order valence-electron chi connectivity index (χ4n) is 1.23. The SMILES string of the molecule is Cc1cc(F)c(Br)cc1NC(=O)c1cnns1. The summed E-state index contributed by atoms with van der Waals surface area (Å²) in [6.45, 7) is 1.72. The molecule has 0 aliphatic rings. The fourth-order valence-corrected chi connectivity index (χ4v) is 1.99. The molecule has 0 fully saturated rings. The summed E-state index contributed by atoms with van der Waals surface area (Å²) in [7, 11) is 0. The van der Waals surface area contributed by atoms with Crippen LogP contribution in [-0.2, 0) is 0 Å². The zero-order valence-corrected chi connectivity index (χ0v) is 11.1. The van der Waals surface area contributed by atoms with E-state index >= 15 is 0 Å². The second-order valence-electron chi connectivity index (χ2n) is 3.32. The third-order valence-electron chi connectivity index (χ3n) is 2.10. The minimum absolute atomic E-state index is 0.304. The zero-order chi connectivity index (χ0) is 12.4. The van der Waals surface area contributed by atoms with Gasteiger partial charge in [-0.1, -0.05) is 4.49 Å². The van der Waals surface area contributed by atoms with Crippen molar-refractivity contribution in [3.63, 3.8) is 0 Å². The molecule has 1 N–H and O–H groups in total. The summed E-state index contributed by atoms with van der Waals surface area (Å²) in [4.78, 5) is 12.1. The van der Waals surface area contributed by atoms with Crippen molar-refractivity contribution in [2.24, 2.45) is 0 Å². The van der Waals surface area contributed by atoms with E-state index in [1.54, 1.807) is 6.92 Å². The molecule has 1 amide bonds. The molecule has 0 unspecified atom stereocenters. The Morgan fingerprint density at radius 2 is 2.29 bits per heavy atom. The molecule has 1 aromatic carbocycles. The minimum Gasteiger partial charge on any atom is -0.321 e. The van der Waals surface area contributed by atoms with Crippen LogP contribution in [0.2, 0.25) is 0 Å². The molecule has 0 atom stereocenters. The lowest BCUT2D eigenvalue weighted by atomic mass is 10.2. The standard InChI is InChI=1S/C10H7BrFN3OS/c1-5-2-7(12)6(11)3-8(5)14-10(16)9-4-13-15-17-9/h2-4H,1H3,(H,14,16). The molecule has 1 aromatic heterocycles. The van der Waals surface area contributed by atoms with Crippen LogP contribution < -0.4 is 5.32 Å². The van der Waals surface area contributed by atoms with Crippen molar-refractivity contribution < 1.29 is 9.18 Å². The molecule has 0 aliphatic heterocycles. The summed E-state index contributed by atoms with van der Waals surface area (Å²) < 4.78 is 17.1. The molecule has 0 spiro atoms. The predicted octanol–water partition coefficient (Wildman–Crippen LogP) is 3.00. The van der Waals surface area contributed by atoms with Crippen molar-refractivity contribution in [2.45, 2.75) is 6.92 Å². The van der Waals surface area contributed by atoms with E-state index in [-0.39, 0.29) is 11.7 Å². The molecular formula is C10H7BrFN3OS. The predicted molar refractivity (Wildman–Crippen MR) is 66.7 cm³/mol. The number of nitrogens with zero attached hydrogens (tertiary/aromatic N) is 2. The highest BCUT2D eigenvalue weighted by Gasteiger charge is 2.11. The molecule has 17 heavy (non-hydrogen) atoms. The van der Waals surface area contributed by atoms with Crippen LogP contribution in [0.5, 0.6) is 0 Å². The van der Waals surface area contributed by atoms with Gasteiger partial charge in [-0.3, -0.25) is 4.79 Å². The first kappa shape index (κ1) is 12.1. The third kappa shape index (κ3) is 2.67. The van der Waals surface area contributed by atoms with E-state index in [1.807, 2.05) is 0 Å². The van der Waals surface area contributed by atoms with Crippen molar-refractivity contribution in [2.75, 3.05) is 5.32 Å². The number of aromatic nitrogens is 2. The highest BCUT2D eigenvalue weighted by atomic mass is 79.9. The second-order valence-corrected chi connectivity index (χ2v) is 4.96. The maximum absolute atomic E-state index is 13.2. The smallest absolute Gasteiger partial charge is 0.269 e. The largest absolute Gasteiger partial charge is 0.321 e. The number of nitrogens with one attached hydrogen (secondary N) is 1. The summed E-state index contributed by atoms with van der Waals surface area (Å²) in [6, 6.07) is 2.88. The molecule has 0 saturated carbocycles. The van der Waals surface area contributed by atoms with Crippen molar-refractivity contribution in [1.29, 1.82) is 0 Å². The van der Waals surface area contributed by atoms with Crippen LogP contribution in [-0.4, -0.2) is 15.5 Å². The van der Waals surface area contributed by atoms with E-state index in [0.717, 1.165) is 11.5 Å². The van der Waals surface area contributed by atoms with Gasteiger partial charge in [0, 0.05) is 5.69 Å². The number of carbonyl (C=O) groups is 1. The molecule has 0 bridgehead atoms. The van der Waals surface area contributed by atoms with Crippen LogP contribution in [0, 0.1) is 12.7 Å². The van der Waals surface area contributed by atoms with Crippen molar-refractivity contribution >= 4 is 39.1 Å². The van der Waals surface area contributed by atoms with Gasteiger partial charge in [0.1, 0.15) is 10.7 Å². The van der Waals surface area contributed by atoms with Gasteiger partial charge in [-0.2, -0.15) is 0 Å². The first-order valence-electron chi connectivity index (χ1n) is 4.62. The van der Waals surface area contributed by atoms with Crippen LogP contribution in [0.4, 0.5) is 10.1 Å². The van der Waals surface area contributed by atoms with Gasteiger partial charge in [-0.25, -0.2) is 4.39 Å². The molecule has 7 heteroatoms. The monoisotopic (exact) mass is 315 g/mol. The summed E-state index contributed by atoms with van der Waals surface area (Å²) >= 11 is 4.08. The Labute approximate surface area is 109 Å². The first-order valence-corrected chi connectivity index (χ1v) is 6.19. The van der Waals surface area contributed by atoms with Gasteiger partial charge in [-0.05, 0) is 52.1 Å². The molecule has 1 heterocycles. The maximum Gasteiger partial charge on any atom is 0.269 e. The Kier molecular flexibility index (Phi) is 3.49. The highest BCUT2D eigenvalue weighted by molar-refractivity contribution is 9.10. The van der Waals surface area contributed by atoms with Crippen molar-refractivity contribution in [1.82, 2.24) is 9.59 Å². The number of aryl methyl sites for hydroxylation is 1. The van der Waals surface area contributed by atoms with E-state index in [0.29, 0.717) is 20.6 Å². The lowest BCUT2D eigenvalue weighted by Gasteiger charge is -2.08. The first-order chi connectivity index (χ1) is 8.08. The van der Waals surface area contributed by atoms with Crippen LogP contribution in [0.15, 0.2) is 22.8 Å². The van der Waals surface area contributed by atoms with Crippen LogP contribution in [0.3, 0.4) is 0 Å². The van der Waals surface area contributed by atoms with Crippen LogP contribution in [0.1, 0.15) is 15.2 Å². The van der Waals surface area contributed by atoms with Gasteiger partial charge in [-0.15, -0.1) is 5.10 Å². The van der Waals surface area contributed by atoms with Crippen LogP contribution in [0.25, 0.3) is 0 Å².